The van der Waals surface area contributed by atoms with Crippen LogP contribution in [0.25, 0.3) is 0 Å². The van der Waals surface area contributed by atoms with Crippen molar-refractivity contribution < 1.29 is 9.90 Å². The Hall–Kier alpha value is -0.220. The monoisotopic (exact) mass is 217 g/mol. The van der Waals surface area contributed by atoms with Crippen LogP contribution >= 0.6 is 11.8 Å². The van der Waals surface area contributed by atoms with Gasteiger partial charge in [0.15, 0.2) is 0 Å². The molecule has 0 aromatic rings. The number of aliphatic hydroxyl groups is 1. The number of carbonyl (C=O) groups is 1. The van der Waals surface area contributed by atoms with Gasteiger partial charge in [-0.15, -0.1) is 0 Å². The van der Waals surface area contributed by atoms with Gasteiger partial charge in [0.1, 0.15) is 0 Å². The van der Waals surface area contributed by atoms with Gasteiger partial charge in [-0.05, 0) is 32.4 Å². The maximum absolute atomic E-state index is 11.3. The van der Waals surface area contributed by atoms with Crippen molar-refractivity contribution in [3.8, 4) is 0 Å². The van der Waals surface area contributed by atoms with E-state index < -0.39 is 0 Å². The number of aliphatic hydroxyl groups excluding tert-OH is 1. The van der Waals surface area contributed by atoms with Gasteiger partial charge < -0.3 is 10.4 Å². The predicted octanol–water partition coefficient (Wildman–Crippen LogP) is 1.16. The summed E-state index contributed by atoms with van der Waals surface area (Å²) in [6.45, 7) is 2.49. The third kappa shape index (κ3) is 3.88. The van der Waals surface area contributed by atoms with Crippen molar-refractivity contribution in [3.63, 3.8) is 0 Å². The predicted molar refractivity (Wildman–Crippen MR) is 59.4 cm³/mol. The van der Waals surface area contributed by atoms with E-state index in [9.17, 15) is 4.79 Å². The van der Waals surface area contributed by atoms with Gasteiger partial charge in [-0.1, -0.05) is 0 Å². The number of thioether (sulfide) groups is 1. The van der Waals surface area contributed by atoms with E-state index in [2.05, 4.69) is 11.6 Å². The third-order valence-electron chi connectivity index (χ3n) is 2.64. The van der Waals surface area contributed by atoms with E-state index in [0.717, 1.165) is 6.54 Å². The highest BCUT2D eigenvalue weighted by molar-refractivity contribution is 8.00. The van der Waals surface area contributed by atoms with Crippen LogP contribution in [-0.4, -0.2) is 34.7 Å². The van der Waals surface area contributed by atoms with Crippen LogP contribution in [0.3, 0.4) is 0 Å². The summed E-state index contributed by atoms with van der Waals surface area (Å²) in [6, 6.07) is 0. The molecule has 0 spiro atoms. The third-order valence-corrected chi connectivity index (χ3v) is 4.06. The topological polar surface area (TPSA) is 49.3 Å². The molecule has 0 bridgehead atoms. The van der Waals surface area contributed by atoms with E-state index in [4.69, 9.17) is 5.11 Å². The first-order valence-corrected chi connectivity index (χ1v) is 6.30. The fourth-order valence-corrected chi connectivity index (χ4v) is 2.01. The largest absolute Gasteiger partial charge is 0.393 e. The summed E-state index contributed by atoms with van der Waals surface area (Å²) in [5, 5.41) is 11.9. The molecule has 0 aliphatic heterocycles. The summed E-state index contributed by atoms with van der Waals surface area (Å²) in [5.74, 6) is 0.0613. The molecule has 1 aliphatic rings. The van der Waals surface area contributed by atoms with Gasteiger partial charge in [-0.25, -0.2) is 0 Å². The number of hydrogen-bond acceptors (Lipinski definition) is 3. The van der Waals surface area contributed by atoms with Crippen molar-refractivity contribution in [2.24, 2.45) is 0 Å². The van der Waals surface area contributed by atoms with Gasteiger partial charge in [0.05, 0.1) is 6.10 Å². The lowest BCUT2D eigenvalue weighted by atomic mass is 10.2. The first-order chi connectivity index (χ1) is 6.58. The summed E-state index contributed by atoms with van der Waals surface area (Å²) in [5.41, 5.74) is 0. The van der Waals surface area contributed by atoms with Crippen molar-refractivity contribution in [3.05, 3.63) is 0 Å². The Labute approximate surface area is 89.6 Å². The minimum Gasteiger partial charge on any atom is -0.393 e. The Balaban J connectivity index is 2.09. The normalized spacial score (nSPS) is 20.2. The molecule has 1 unspecified atom stereocenters. The maximum atomic E-state index is 11.3. The van der Waals surface area contributed by atoms with Crippen LogP contribution < -0.4 is 5.32 Å². The molecule has 0 aromatic heterocycles. The summed E-state index contributed by atoms with van der Waals surface area (Å²) in [4.78, 5) is 11.3. The van der Waals surface area contributed by atoms with Crippen molar-refractivity contribution in [1.29, 1.82) is 0 Å². The highest BCUT2D eigenvalue weighted by Gasteiger charge is 2.41. The molecule has 82 valence electrons. The molecular weight excluding hydrogens is 198 g/mol. The molecule has 0 radical (unpaired) electrons. The molecular formula is C10H19NO2S. The molecule has 14 heavy (non-hydrogen) atoms. The molecule has 2 N–H and O–H groups in total. The van der Waals surface area contributed by atoms with E-state index in [1.54, 1.807) is 6.92 Å². The van der Waals surface area contributed by atoms with Crippen molar-refractivity contribution in [1.82, 2.24) is 5.32 Å². The zero-order chi connectivity index (χ0) is 10.6. The number of hydrogen-bond donors (Lipinski definition) is 2. The molecule has 4 heteroatoms. The molecule has 1 amide bonds. The van der Waals surface area contributed by atoms with Gasteiger partial charge in [0.25, 0.3) is 0 Å². The molecule has 1 atom stereocenters. The zero-order valence-corrected chi connectivity index (χ0v) is 9.69. The maximum Gasteiger partial charge on any atom is 0.220 e. The lowest BCUT2D eigenvalue weighted by Gasteiger charge is -2.13. The molecule has 0 saturated heterocycles. The average molecular weight is 217 g/mol. The second-order valence-corrected chi connectivity index (χ2v) is 5.33. The van der Waals surface area contributed by atoms with Crippen LogP contribution in [0.4, 0.5) is 0 Å². The van der Waals surface area contributed by atoms with Crippen LogP contribution in [0, 0.1) is 0 Å². The van der Waals surface area contributed by atoms with Gasteiger partial charge in [-0.3, -0.25) is 4.79 Å². The minimum absolute atomic E-state index is 0.0613. The molecule has 1 aliphatic carbocycles. The van der Waals surface area contributed by atoms with Crippen LogP contribution in [-0.2, 0) is 4.79 Å². The van der Waals surface area contributed by atoms with Gasteiger partial charge in [-0.2, -0.15) is 11.8 Å². The van der Waals surface area contributed by atoms with E-state index in [0.29, 0.717) is 17.6 Å². The van der Waals surface area contributed by atoms with Crippen molar-refractivity contribution in [2.45, 2.75) is 43.5 Å². The number of rotatable bonds is 6. The Morgan fingerprint density at radius 1 is 1.64 bits per heavy atom. The Kier molecular flexibility index (Phi) is 4.26. The number of nitrogens with one attached hydrogen (secondary N) is 1. The number of carbonyl (C=O) groups excluding carboxylic acids is 1. The summed E-state index contributed by atoms with van der Waals surface area (Å²) < 4.78 is 0.334. The Morgan fingerprint density at radius 3 is 2.71 bits per heavy atom. The van der Waals surface area contributed by atoms with E-state index in [1.807, 2.05) is 11.8 Å². The van der Waals surface area contributed by atoms with Crippen LogP contribution in [0.15, 0.2) is 0 Å². The molecule has 1 rings (SSSR count). The van der Waals surface area contributed by atoms with Gasteiger partial charge in [0, 0.05) is 17.7 Å². The van der Waals surface area contributed by atoms with E-state index in [-0.39, 0.29) is 12.0 Å². The molecule has 0 aromatic carbocycles. The fraction of sp³-hybridized carbons (Fsp3) is 0.900. The average Bonchev–Trinajstić information content (AvgIpc) is 2.92. The highest BCUT2D eigenvalue weighted by Crippen LogP contribution is 2.46. The first kappa shape index (κ1) is 11.9. The molecule has 0 heterocycles. The SMILES string of the molecule is CSC1(CNC(=O)CCC(C)O)CC1. The first-order valence-electron chi connectivity index (χ1n) is 5.08. The van der Waals surface area contributed by atoms with E-state index in [1.165, 1.54) is 12.8 Å². The smallest absolute Gasteiger partial charge is 0.220 e. The van der Waals surface area contributed by atoms with Crippen LogP contribution in [0.1, 0.15) is 32.6 Å². The van der Waals surface area contributed by atoms with E-state index >= 15 is 0 Å². The number of amides is 1. The van der Waals surface area contributed by atoms with Crippen LogP contribution in [0.2, 0.25) is 0 Å². The quantitative estimate of drug-likeness (QED) is 0.702. The summed E-state index contributed by atoms with van der Waals surface area (Å²) in [6.07, 6.45) is 5.13. The zero-order valence-electron chi connectivity index (χ0n) is 8.88. The Bertz CT molecular complexity index is 202. The lowest BCUT2D eigenvalue weighted by molar-refractivity contribution is -0.121. The van der Waals surface area contributed by atoms with Crippen molar-refractivity contribution >= 4 is 17.7 Å². The summed E-state index contributed by atoms with van der Waals surface area (Å²) in [7, 11) is 0. The Morgan fingerprint density at radius 2 is 2.29 bits per heavy atom. The molecule has 3 nitrogen and oxygen atoms in total. The van der Waals surface area contributed by atoms with Gasteiger partial charge >= 0.3 is 0 Å². The highest BCUT2D eigenvalue weighted by atomic mass is 32.2. The second kappa shape index (κ2) is 5.03. The second-order valence-electron chi connectivity index (χ2n) is 4.05. The van der Waals surface area contributed by atoms with Crippen LogP contribution in [0.5, 0.6) is 0 Å². The minimum atomic E-state index is -0.379. The van der Waals surface area contributed by atoms with Gasteiger partial charge in [0.2, 0.25) is 5.91 Å². The fourth-order valence-electron chi connectivity index (χ4n) is 1.28. The lowest BCUT2D eigenvalue weighted by Crippen LogP contribution is -2.31. The molecule has 1 fully saturated rings. The van der Waals surface area contributed by atoms with Crippen molar-refractivity contribution in [2.75, 3.05) is 12.8 Å². The summed E-state index contributed by atoms with van der Waals surface area (Å²) >= 11 is 1.84. The standard InChI is InChI=1S/C10H19NO2S/c1-8(12)3-4-9(13)11-7-10(14-2)5-6-10/h8,12H,3-7H2,1-2H3,(H,11,13). The molecule has 1 saturated carbocycles.